The normalized spacial score (nSPS) is 11.3. The van der Waals surface area contributed by atoms with Crippen molar-refractivity contribution in [1.82, 2.24) is 5.43 Å². The molecule has 0 radical (unpaired) electrons. The van der Waals surface area contributed by atoms with Gasteiger partial charge in [-0.3, -0.25) is 9.59 Å². The summed E-state index contributed by atoms with van der Waals surface area (Å²) >= 11 is 0. The van der Waals surface area contributed by atoms with Crippen LogP contribution in [0.1, 0.15) is 36.5 Å². The number of halogens is 3. The first kappa shape index (κ1) is 25.4. The monoisotopic (exact) mass is 463 g/mol. The molecule has 0 saturated heterocycles. The second-order valence-electron chi connectivity index (χ2n) is 6.87. The number of ether oxygens (including phenoxy) is 1. The smallest absolute Gasteiger partial charge is 0.416 e. The molecule has 7 nitrogen and oxygen atoms in total. The van der Waals surface area contributed by atoms with Gasteiger partial charge in [-0.2, -0.15) is 18.3 Å². The molecule has 0 spiro atoms. The summed E-state index contributed by atoms with van der Waals surface area (Å²) in [7, 11) is 0. The van der Waals surface area contributed by atoms with Crippen LogP contribution in [-0.2, 0) is 22.2 Å². The molecule has 0 aromatic heterocycles. The topological polar surface area (TPSA) is 100 Å². The molecule has 33 heavy (non-hydrogen) atoms. The van der Waals surface area contributed by atoms with Gasteiger partial charge in [0.05, 0.1) is 18.4 Å². The van der Waals surface area contributed by atoms with E-state index in [9.17, 15) is 27.9 Å². The number of aromatic hydroxyl groups is 1. The molecule has 0 atom stereocenters. The molecule has 2 rings (SSSR count). The molecule has 3 N–H and O–H groups in total. The Morgan fingerprint density at radius 3 is 2.58 bits per heavy atom. The van der Waals surface area contributed by atoms with Crippen LogP contribution in [0.25, 0.3) is 0 Å². The zero-order valence-electron chi connectivity index (χ0n) is 17.9. The van der Waals surface area contributed by atoms with Crippen molar-refractivity contribution >= 4 is 23.7 Å². The van der Waals surface area contributed by atoms with Crippen LogP contribution in [0.2, 0.25) is 0 Å². The van der Waals surface area contributed by atoms with Gasteiger partial charge < -0.3 is 15.2 Å². The third-order valence-electron chi connectivity index (χ3n) is 4.30. The number of nitrogens with one attached hydrogen (secondary N) is 2. The lowest BCUT2D eigenvalue weighted by Crippen LogP contribution is -2.20. The second-order valence-corrected chi connectivity index (χ2v) is 6.87. The average Bonchev–Trinajstić information content (AvgIpc) is 2.75. The van der Waals surface area contributed by atoms with Gasteiger partial charge in [-0.1, -0.05) is 12.1 Å². The molecule has 2 aromatic carbocycles. The molecule has 0 unspecified atom stereocenters. The van der Waals surface area contributed by atoms with E-state index in [4.69, 9.17) is 4.74 Å². The van der Waals surface area contributed by atoms with Crippen molar-refractivity contribution in [2.45, 2.75) is 32.4 Å². The number of amides is 2. The molecular weight excluding hydrogens is 439 g/mol. The fourth-order valence-electron chi connectivity index (χ4n) is 2.80. The highest BCUT2D eigenvalue weighted by atomic mass is 19.4. The minimum absolute atomic E-state index is 0.00437. The van der Waals surface area contributed by atoms with Crippen LogP contribution in [0.3, 0.4) is 0 Å². The Labute approximate surface area is 189 Å². The highest BCUT2D eigenvalue weighted by molar-refractivity contribution is 5.93. The zero-order valence-corrected chi connectivity index (χ0v) is 17.9. The maximum Gasteiger partial charge on any atom is 0.416 e. The van der Waals surface area contributed by atoms with Crippen molar-refractivity contribution in [2.75, 3.05) is 11.9 Å². The summed E-state index contributed by atoms with van der Waals surface area (Å²) in [6.07, 6.45) is -1.60. The van der Waals surface area contributed by atoms with Crippen molar-refractivity contribution in [1.29, 1.82) is 0 Å². The molecule has 0 fully saturated rings. The Morgan fingerprint density at radius 1 is 1.18 bits per heavy atom. The number of alkyl halides is 3. The first-order valence-electron chi connectivity index (χ1n) is 10.0. The summed E-state index contributed by atoms with van der Waals surface area (Å²) in [6.45, 7) is 5.76. The first-order valence-corrected chi connectivity index (χ1v) is 10.0. The highest BCUT2D eigenvalue weighted by Crippen LogP contribution is 2.32. The van der Waals surface area contributed by atoms with E-state index in [1.54, 1.807) is 25.1 Å². The lowest BCUT2D eigenvalue weighted by molar-refractivity contribution is -0.137. The Kier molecular flexibility index (Phi) is 9.02. The van der Waals surface area contributed by atoms with E-state index in [0.29, 0.717) is 24.2 Å². The van der Waals surface area contributed by atoms with Gasteiger partial charge >= 0.3 is 6.18 Å². The molecule has 0 bridgehead atoms. The summed E-state index contributed by atoms with van der Waals surface area (Å²) in [5.41, 5.74) is 2.52. The summed E-state index contributed by atoms with van der Waals surface area (Å²) in [5.74, 6) is -0.886. The SMILES string of the molecule is C=CCc1cc(C=NNC(=O)CCC(=O)Nc2cccc(C(F)(F)F)c2)cc(OCC)c1O. The lowest BCUT2D eigenvalue weighted by atomic mass is 10.1. The van der Waals surface area contributed by atoms with Crippen LogP contribution in [0, 0.1) is 0 Å². The fourth-order valence-corrected chi connectivity index (χ4v) is 2.80. The van der Waals surface area contributed by atoms with Gasteiger partial charge in [0.25, 0.3) is 0 Å². The first-order chi connectivity index (χ1) is 15.6. The van der Waals surface area contributed by atoms with Crippen molar-refractivity contribution in [3.63, 3.8) is 0 Å². The molecule has 0 heterocycles. The van der Waals surface area contributed by atoms with Crippen LogP contribution in [0.4, 0.5) is 18.9 Å². The minimum atomic E-state index is -4.52. The van der Waals surface area contributed by atoms with Crippen LogP contribution in [0.15, 0.2) is 54.2 Å². The number of phenolic OH excluding ortho intramolecular Hbond substituents is 1. The lowest BCUT2D eigenvalue weighted by Gasteiger charge is -2.11. The fraction of sp³-hybridized carbons (Fsp3) is 0.261. The number of anilines is 1. The zero-order chi connectivity index (χ0) is 24.4. The molecule has 0 saturated carbocycles. The predicted octanol–water partition coefficient (Wildman–Crippen LogP) is 4.41. The summed E-state index contributed by atoms with van der Waals surface area (Å²) in [5, 5.41) is 16.4. The quantitative estimate of drug-likeness (QED) is 0.276. The molecule has 10 heteroatoms. The van der Waals surface area contributed by atoms with Crippen LogP contribution in [0.5, 0.6) is 11.5 Å². The highest BCUT2D eigenvalue weighted by Gasteiger charge is 2.30. The Morgan fingerprint density at radius 2 is 1.91 bits per heavy atom. The van der Waals surface area contributed by atoms with Crippen molar-refractivity contribution in [3.05, 3.63) is 65.7 Å². The third-order valence-corrected chi connectivity index (χ3v) is 4.30. The van der Waals surface area contributed by atoms with Gasteiger partial charge in [0.15, 0.2) is 11.5 Å². The number of carbonyl (C=O) groups is 2. The van der Waals surface area contributed by atoms with Crippen molar-refractivity contribution < 1.29 is 32.6 Å². The molecular formula is C23H24F3N3O4. The largest absolute Gasteiger partial charge is 0.504 e. The number of benzene rings is 2. The number of allylic oxidation sites excluding steroid dienone is 1. The third kappa shape index (κ3) is 7.99. The molecule has 176 valence electrons. The minimum Gasteiger partial charge on any atom is -0.504 e. The van der Waals surface area contributed by atoms with Crippen LogP contribution in [-0.4, -0.2) is 29.7 Å². The number of carbonyl (C=O) groups excluding carboxylic acids is 2. The molecule has 0 aliphatic heterocycles. The maximum absolute atomic E-state index is 12.7. The maximum atomic E-state index is 12.7. The van der Waals surface area contributed by atoms with Crippen LogP contribution >= 0.6 is 0 Å². The van der Waals surface area contributed by atoms with E-state index in [0.717, 1.165) is 12.1 Å². The van der Waals surface area contributed by atoms with Gasteiger partial charge in [-0.15, -0.1) is 6.58 Å². The molecule has 2 amide bonds. The van der Waals surface area contributed by atoms with E-state index in [1.165, 1.54) is 18.3 Å². The Bertz CT molecular complexity index is 1040. The predicted molar refractivity (Wildman–Crippen MR) is 118 cm³/mol. The van der Waals surface area contributed by atoms with E-state index < -0.39 is 23.6 Å². The Balaban J connectivity index is 1.90. The number of hydrogen-bond donors (Lipinski definition) is 3. The molecule has 0 aliphatic carbocycles. The summed E-state index contributed by atoms with van der Waals surface area (Å²) in [6, 6.07) is 7.44. The molecule has 0 aliphatic rings. The van der Waals surface area contributed by atoms with E-state index in [2.05, 4.69) is 22.4 Å². The van der Waals surface area contributed by atoms with Gasteiger partial charge in [-0.25, -0.2) is 5.43 Å². The van der Waals surface area contributed by atoms with Gasteiger partial charge in [0.2, 0.25) is 11.8 Å². The van der Waals surface area contributed by atoms with Gasteiger partial charge in [0, 0.05) is 24.1 Å². The van der Waals surface area contributed by atoms with E-state index in [1.807, 2.05) is 0 Å². The standard InChI is InChI=1S/C23H24F3N3O4/c1-3-6-16-11-15(12-19(22(16)32)33-4-2)14-27-29-21(31)10-9-20(30)28-18-8-5-7-17(13-18)23(24,25)26/h3,5,7-8,11-14,32H,1,4,6,9-10H2,2H3,(H,28,30)(H,29,31). The van der Waals surface area contributed by atoms with Crippen molar-refractivity contribution in [3.8, 4) is 11.5 Å². The van der Waals surface area contributed by atoms with Gasteiger partial charge in [0.1, 0.15) is 0 Å². The number of hydrogen-bond acceptors (Lipinski definition) is 5. The number of hydrazone groups is 1. The van der Waals surface area contributed by atoms with Gasteiger partial charge in [-0.05, 0) is 49.2 Å². The summed E-state index contributed by atoms with van der Waals surface area (Å²) < 4.78 is 43.6. The number of rotatable bonds is 10. The number of phenols is 1. The number of nitrogens with zero attached hydrogens (tertiary/aromatic N) is 1. The summed E-state index contributed by atoms with van der Waals surface area (Å²) in [4.78, 5) is 23.9. The second kappa shape index (κ2) is 11.7. The molecule has 2 aromatic rings. The Hall–Kier alpha value is -3.82. The van der Waals surface area contributed by atoms with Crippen molar-refractivity contribution in [2.24, 2.45) is 5.10 Å². The van der Waals surface area contributed by atoms with Crippen LogP contribution < -0.4 is 15.5 Å². The van der Waals surface area contributed by atoms with E-state index >= 15 is 0 Å². The van der Waals surface area contributed by atoms with E-state index in [-0.39, 0.29) is 30.0 Å². The average molecular weight is 463 g/mol.